The van der Waals surface area contributed by atoms with Crippen LogP contribution >= 0.6 is 24.8 Å². The fourth-order valence-electron chi connectivity index (χ4n) is 3.87. The lowest BCUT2D eigenvalue weighted by molar-refractivity contribution is 0.343. The number of fused-ring (bicyclic) bond motifs is 1. The second kappa shape index (κ2) is 9.81. The first-order chi connectivity index (χ1) is 14.6. The second-order valence-corrected chi connectivity index (χ2v) is 7.51. The Hall–Kier alpha value is -2.75. The van der Waals surface area contributed by atoms with Gasteiger partial charge in [-0.3, -0.25) is 9.08 Å². The number of aryl methyl sites for hydroxylation is 1. The fraction of sp³-hybridized carbons (Fsp3) is 0.286. The number of nitrogens with zero attached hydrogens (tertiary/aromatic N) is 5. The SMILES string of the molecule is Cc1cc(-c2cnc(Nc3cnn(C4CCNCC4)c3)c3nccn23)c(F)cc1F.Cl.Cl. The molecule has 1 aliphatic rings. The van der Waals surface area contributed by atoms with Crippen LogP contribution in [0.4, 0.5) is 20.3 Å². The molecule has 7 nitrogen and oxygen atoms in total. The van der Waals surface area contributed by atoms with Crippen molar-refractivity contribution in [3.05, 3.63) is 60.3 Å². The summed E-state index contributed by atoms with van der Waals surface area (Å²) in [4.78, 5) is 8.84. The van der Waals surface area contributed by atoms with Crippen molar-refractivity contribution in [3.8, 4) is 11.3 Å². The van der Waals surface area contributed by atoms with Gasteiger partial charge in [0.25, 0.3) is 0 Å². The van der Waals surface area contributed by atoms with E-state index in [2.05, 4.69) is 25.7 Å². The van der Waals surface area contributed by atoms with E-state index in [1.54, 1.807) is 36.1 Å². The molecule has 1 aromatic carbocycles. The minimum atomic E-state index is -0.640. The Labute approximate surface area is 196 Å². The lowest BCUT2D eigenvalue weighted by Crippen LogP contribution is -2.29. The predicted molar refractivity (Wildman–Crippen MR) is 124 cm³/mol. The van der Waals surface area contributed by atoms with E-state index in [9.17, 15) is 8.78 Å². The van der Waals surface area contributed by atoms with Crippen LogP contribution in [0.3, 0.4) is 0 Å². The molecule has 0 saturated carbocycles. The Balaban J connectivity index is 0.00000144. The van der Waals surface area contributed by atoms with Crippen molar-refractivity contribution in [1.82, 2.24) is 29.5 Å². The van der Waals surface area contributed by atoms with Crippen LogP contribution in [0.15, 0.2) is 43.1 Å². The minimum absolute atomic E-state index is 0. The number of hydrogen-bond acceptors (Lipinski definition) is 5. The van der Waals surface area contributed by atoms with Crippen LogP contribution in [0, 0.1) is 18.6 Å². The van der Waals surface area contributed by atoms with Gasteiger partial charge in [-0.15, -0.1) is 24.8 Å². The number of rotatable bonds is 4. The standard InChI is InChI=1S/C21H21F2N7.2ClH/c1-13-8-16(18(23)9-17(13)22)19-11-26-20(21-25-6-7-29(19)21)28-14-10-27-30(12-14)15-2-4-24-5-3-15;;/h6-12,15,24H,2-5H2,1H3,(H,26,28);2*1H. The minimum Gasteiger partial charge on any atom is -0.335 e. The Bertz CT molecular complexity index is 1220. The van der Waals surface area contributed by atoms with Crippen LogP contribution in [-0.2, 0) is 0 Å². The molecule has 0 unspecified atom stereocenters. The third-order valence-electron chi connectivity index (χ3n) is 5.50. The lowest BCUT2D eigenvalue weighted by atomic mass is 10.1. The van der Waals surface area contributed by atoms with E-state index in [0.717, 1.165) is 37.7 Å². The number of benzene rings is 1. The smallest absolute Gasteiger partial charge is 0.180 e. The van der Waals surface area contributed by atoms with Crippen molar-refractivity contribution < 1.29 is 8.78 Å². The van der Waals surface area contributed by atoms with E-state index in [4.69, 9.17) is 0 Å². The molecular weight excluding hydrogens is 459 g/mol. The average molecular weight is 482 g/mol. The van der Waals surface area contributed by atoms with Gasteiger partial charge in [-0.1, -0.05) is 0 Å². The number of anilines is 2. The Kier molecular flexibility index (Phi) is 7.33. The molecule has 1 fully saturated rings. The molecule has 4 heterocycles. The van der Waals surface area contributed by atoms with Gasteiger partial charge in [-0.2, -0.15) is 5.10 Å². The van der Waals surface area contributed by atoms with Crippen LogP contribution in [0.1, 0.15) is 24.4 Å². The van der Waals surface area contributed by atoms with E-state index in [0.29, 0.717) is 28.8 Å². The van der Waals surface area contributed by atoms with Crippen molar-refractivity contribution >= 4 is 42.0 Å². The summed E-state index contributed by atoms with van der Waals surface area (Å²) in [6.07, 6.45) is 10.7. The third kappa shape index (κ3) is 4.41. The highest BCUT2D eigenvalue weighted by Crippen LogP contribution is 2.29. The number of imidazole rings is 1. The lowest BCUT2D eigenvalue weighted by Gasteiger charge is -2.22. The highest BCUT2D eigenvalue weighted by molar-refractivity contribution is 5.85. The average Bonchev–Trinajstić information content (AvgIpc) is 3.42. The number of nitrogens with one attached hydrogen (secondary N) is 2. The summed E-state index contributed by atoms with van der Waals surface area (Å²) in [7, 11) is 0. The van der Waals surface area contributed by atoms with Crippen molar-refractivity contribution in [2.45, 2.75) is 25.8 Å². The molecule has 1 aliphatic heterocycles. The number of hydrogen-bond donors (Lipinski definition) is 2. The predicted octanol–water partition coefficient (Wildman–Crippen LogP) is 4.69. The highest BCUT2D eigenvalue weighted by atomic mass is 35.5. The summed E-state index contributed by atoms with van der Waals surface area (Å²) in [5, 5.41) is 11.1. The van der Waals surface area contributed by atoms with E-state index < -0.39 is 11.6 Å². The summed E-state index contributed by atoms with van der Waals surface area (Å²) < 4.78 is 31.8. The van der Waals surface area contributed by atoms with E-state index in [-0.39, 0.29) is 30.4 Å². The van der Waals surface area contributed by atoms with Crippen molar-refractivity contribution in [2.75, 3.05) is 18.4 Å². The van der Waals surface area contributed by atoms with Gasteiger partial charge >= 0.3 is 0 Å². The molecule has 170 valence electrons. The van der Waals surface area contributed by atoms with Gasteiger partial charge < -0.3 is 10.6 Å². The molecule has 5 rings (SSSR count). The van der Waals surface area contributed by atoms with Gasteiger partial charge in [0.2, 0.25) is 0 Å². The van der Waals surface area contributed by atoms with Crippen LogP contribution in [0.5, 0.6) is 0 Å². The molecule has 0 radical (unpaired) electrons. The summed E-state index contributed by atoms with van der Waals surface area (Å²) in [6, 6.07) is 2.76. The summed E-state index contributed by atoms with van der Waals surface area (Å²) >= 11 is 0. The molecule has 32 heavy (non-hydrogen) atoms. The van der Waals surface area contributed by atoms with Crippen molar-refractivity contribution in [2.24, 2.45) is 0 Å². The second-order valence-electron chi connectivity index (χ2n) is 7.51. The molecule has 0 spiro atoms. The zero-order valence-electron chi connectivity index (χ0n) is 17.3. The molecule has 3 aromatic heterocycles. The van der Waals surface area contributed by atoms with Crippen LogP contribution in [-0.4, -0.2) is 37.2 Å². The van der Waals surface area contributed by atoms with Gasteiger partial charge in [-0.25, -0.2) is 18.7 Å². The normalized spacial score (nSPS) is 14.1. The van der Waals surface area contributed by atoms with E-state index in [1.165, 1.54) is 6.07 Å². The molecule has 11 heteroatoms. The topological polar surface area (TPSA) is 72.1 Å². The molecule has 0 aliphatic carbocycles. The van der Waals surface area contributed by atoms with E-state index in [1.807, 2.05) is 10.9 Å². The first-order valence-electron chi connectivity index (χ1n) is 9.90. The summed E-state index contributed by atoms with van der Waals surface area (Å²) in [5.41, 5.74) is 2.49. The van der Waals surface area contributed by atoms with Gasteiger partial charge in [0.05, 0.1) is 29.8 Å². The molecular formula is C21H23Cl2F2N7. The van der Waals surface area contributed by atoms with Gasteiger partial charge in [0.1, 0.15) is 11.6 Å². The molecule has 0 bridgehead atoms. The van der Waals surface area contributed by atoms with Crippen LogP contribution in [0.2, 0.25) is 0 Å². The Morgan fingerprint density at radius 1 is 1.06 bits per heavy atom. The molecule has 2 N–H and O–H groups in total. The highest BCUT2D eigenvalue weighted by Gasteiger charge is 2.18. The summed E-state index contributed by atoms with van der Waals surface area (Å²) in [6.45, 7) is 3.58. The maximum absolute atomic E-state index is 14.4. The Morgan fingerprint density at radius 2 is 1.84 bits per heavy atom. The van der Waals surface area contributed by atoms with Gasteiger partial charge in [0, 0.05) is 30.2 Å². The molecule has 1 saturated heterocycles. The maximum atomic E-state index is 14.4. The van der Waals surface area contributed by atoms with Crippen molar-refractivity contribution in [3.63, 3.8) is 0 Å². The van der Waals surface area contributed by atoms with Crippen LogP contribution in [0.25, 0.3) is 16.9 Å². The number of halogens is 4. The zero-order chi connectivity index (χ0) is 20.7. The quantitative estimate of drug-likeness (QED) is 0.442. The van der Waals surface area contributed by atoms with Crippen molar-refractivity contribution in [1.29, 1.82) is 0 Å². The van der Waals surface area contributed by atoms with E-state index >= 15 is 0 Å². The first-order valence-corrected chi connectivity index (χ1v) is 9.90. The summed E-state index contributed by atoms with van der Waals surface area (Å²) in [5.74, 6) is -0.679. The molecule has 0 atom stereocenters. The molecule has 0 amide bonds. The fourth-order valence-corrected chi connectivity index (χ4v) is 3.87. The largest absolute Gasteiger partial charge is 0.335 e. The monoisotopic (exact) mass is 481 g/mol. The first kappa shape index (κ1) is 23.9. The third-order valence-corrected chi connectivity index (χ3v) is 5.50. The van der Waals surface area contributed by atoms with Crippen LogP contribution < -0.4 is 10.6 Å². The van der Waals surface area contributed by atoms with Gasteiger partial charge in [-0.05, 0) is 44.5 Å². The van der Waals surface area contributed by atoms with Gasteiger partial charge in [0.15, 0.2) is 11.5 Å². The Morgan fingerprint density at radius 3 is 2.62 bits per heavy atom. The number of aromatic nitrogens is 5. The maximum Gasteiger partial charge on any atom is 0.180 e. The molecule has 4 aromatic rings. The zero-order valence-corrected chi connectivity index (χ0v) is 18.9. The number of piperidine rings is 1.